The van der Waals surface area contributed by atoms with E-state index in [2.05, 4.69) is 75.1 Å². The molecule has 0 saturated carbocycles. The molecule has 34 heavy (non-hydrogen) atoms. The first kappa shape index (κ1) is 21.5. The van der Waals surface area contributed by atoms with Crippen LogP contribution in [0.15, 0.2) is 59.0 Å². The van der Waals surface area contributed by atoms with Crippen LogP contribution in [-0.4, -0.2) is 11.6 Å². The number of nitrogens with one attached hydrogen (secondary N) is 1. The minimum Gasteiger partial charge on any atom is -0.456 e. The Morgan fingerprint density at radius 2 is 1.76 bits per heavy atom. The number of ether oxygens (including phenoxy) is 1. The normalized spacial score (nSPS) is 18.4. The molecule has 3 aromatic carbocycles. The maximum Gasteiger partial charge on any atom is 0.136 e. The van der Waals surface area contributed by atoms with E-state index in [-0.39, 0.29) is 5.60 Å². The molecule has 3 heterocycles. The highest BCUT2D eigenvalue weighted by Crippen LogP contribution is 2.45. The number of furan rings is 1. The van der Waals surface area contributed by atoms with Crippen molar-refractivity contribution in [3.63, 3.8) is 0 Å². The van der Waals surface area contributed by atoms with Crippen LogP contribution in [0.4, 0.5) is 0 Å². The fourth-order valence-electron chi connectivity index (χ4n) is 5.95. The highest BCUT2D eigenvalue weighted by Gasteiger charge is 2.38. The minimum absolute atomic E-state index is 0.209. The number of H-pyrrole nitrogens is 1. The van der Waals surface area contributed by atoms with Gasteiger partial charge in [0.05, 0.1) is 17.8 Å². The Labute approximate surface area is 201 Å². The zero-order valence-electron chi connectivity index (χ0n) is 20.6. The average molecular weight is 452 g/mol. The lowest BCUT2D eigenvalue weighted by Crippen LogP contribution is -2.35. The van der Waals surface area contributed by atoms with E-state index in [4.69, 9.17) is 9.15 Å². The highest BCUT2D eigenvalue weighted by atomic mass is 16.5. The van der Waals surface area contributed by atoms with Gasteiger partial charge < -0.3 is 14.1 Å². The van der Waals surface area contributed by atoms with E-state index in [1.54, 1.807) is 0 Å². The molecule has 0 radical (unpaired) electrons. The number of benzene rings is 3. The predicted molar refractivity (Wildman–Crippen MR) is 142 cm³/mol. The third kappa shape index (κ3) is 3.14. The molecule has 6 rings (SSSR count). The third-order valence-electron chi connectivity index (χ3n) is 7.80. The van der Waals surface area contributed by atoms with Gasteiger partial charge in [-0.3, -0.25) is 0 Å². The zero-order chi connectivity index (χ0) is 23.4. The van der Waals surface area contributed by atoms with Crippen molar-refractivity contribution in [2.45, 2.75) is 64.9 Å². The summed E-state index contributed by atoms with van der Waals surface area (Å²) in [5, 5.41) is 3.70. The van der Waals surface area contributed by atoms with Crippen LogP contribution in [0.5, 0.6) is 0 Å². The smallest absolute Gasteiger partial charge is 0.136 e. The largest absolute Gasteiger partial charge is 0.456 e. The fraction of sp³-hybridized carbons (Fsp3) is 0.355. The maximum atomic E-state index is 6.48. The van der Waals surface area contributed by atoms with Crippen LogP contribution in [-0.2, 0) is 16.8 Å². The quantitative estimate of drug-likeness (QED) is 0.290. The summed E-state index contributed by atoms with van der Waals surface area (Å²) in [5.74, 6) is 0.454. The Bertz CT molecular complexity index is 1520. The summed E-state index contributed by atoms with van der Waals surface area (Å²) in [4.78, 5) is 3.89. The molecule has 0 spiro atoms. The SMILES string of the molecule is CCCC1(CC)OCCc2c1[nH]c1c(-c3ccc4c(c3)oc3ccccc34)cc(C(C)C)cc21. The van der Waals surface area contributed by atoms with Gasteiger partial charge in [0.25, 0.3) is 0 Å². The lowest BCUT2D eigenvalue weighted by Gasteiger charge is -2.36. The second-order valence-electron chi connectivity index (χ2n) is 10.1. The molecule has 3 heteroatoms. The number of aromatic nitrogens is 1. The van der Waals surface area contributed by atoms with Gasteiger partial charge in [-0.1, -0.05) is 58.4 Å². The third-order valence-corrected chi connectivity index (χ3v) is 7.80. The number of aromatic amines is 1. The van der Waals surface area contributed by atoms with Crippen LogP contribution in [0.3, 0.4) is 0 Å². The molecule has 0 aliphatic carbocycles. The number of rotatable bonds is 5. The van der Waals surface area contributed by atoms with Crippen LogP contribution in [0.2, 0.25) is 0 Å². The number of hydrogen-bond donors (Lipinski definition) is 1. The van der Waals surface area contributed by atoms with E-state index in [1.165, 1.54) is 49.6 Å². The van der Waals surface area contributed by atoms with Crippen LogP contribution < -0.4 is 0 Å². The van der Waals surface area contributed by atoms with Crippen LogP contribution in [0, 0.1) is 0 Å². The number of hydrogen-bond acceptors (Lipinski definition) is 2. The van der Waals surface area contributed by atoms with E-state index in [1.807, 2.05) is 12.1 Å². The first-order valence-corrected chi connectivity index (χ1v) is 12.8. The van der Waals surface area contributed by atoms with Gasteiger partial charge in [-0.2, -0.15) is 0 Å². The molecule has 2 aromatic heterocycles. The van der Waals surface area contributed by atoms with Crippen molar-refractivity contribution in [1.82, 2.24) is 4.98 Å². The highest BCUT2D eigenvalue weighted by molar-refractivity contribution is 6.07. The van der Waals surface area contributed by atoms with Crippen molar-refractivity contribution in [2.24, 2.45) is 0 Å². The molecule has 3 nitrogen and oxygen atoms in total. The van der Waals surface area contributed by atoms with E-state index in [0.29, 0.717) is 5.92 Å². The van der Waals surface area contributed by atoms with Crippen molar-refractivity contribution in [2.75, 3.05) is 6.61 Å². The lowest BCUT2D eigenvalue weighted by molar-refractivity contribution is -0.0723. The van der Waals surface area contributed by atoms with Gasteiger partial charge in [0.2, 0.25) is 0 Å². The monoisotopic (exact) mass is 451 g/mol. The summed E-state index contributed by atoms with van der Waals surface area (Å²) in [7, 11) is 0. The summed E-state index contributed by atoms with van der Waals surface area (Å²) >= 11 is 0. The second-order valence-corrected chi connectivity index (χ2v) is 10.1. The van der Waals surface area contributed by atoms with E-state index >= 15 is 0 Å². The molecule has 0 fully saturated rings. The Hall–Kier alpha value is -3.04. The summed E-state index contributed by atoms with van der Waals surface area (Å²) in [6.45, 7) is 9.86. The standard InChI is InChI=1S/C31H33NO2/c1-5-14-31(6-2)30-24(13-15-33-31)26-17-21(19(3)4)16-25(29(26)32-30)20-11-12-23-22-9-7-8-10-27(22)34-28(23)18-20/h7-12,16-19,32H,5-6,13-15H2,1-4H3. The van der Waals surface area contributed by atoms with E-state index in [9.17, 15) is 0 Å². The van der Waals surface area contributed by atoms with Gasteiger partial charge in [0.15, 0.2) is 0 Å². The molecule has 1 aliphatic heterocycles. The summed E-state index contributed by atoms with van der Waals surface area (Å²) in [5.41, 5.74) is 9.46. The van der Waals surface area contributed by atoms with Crippen LogP contribution >= 0.6 is 0 Å². The Morgan fingerprint density at radius 1 is 0.941 bits per heavy atom. The zero-order valence-corrected chi connectivity index (χ0v) is 20.6. The van der Waals surface area contributed by atoms with Gasteiger partial charge in [0, 0.05) is 21.7 Å². The molecule has 0 bridgehead atoms. The molecule has 0 amide bonds. The molecular weight excluding hydrogens is 418 g/mol. The topological polar surface area (TPSA) is 38.2 Å². The van der Waals surface area contributed by atoms with Crippen molar-refractivity contribution < 1.29 is 9.15 Å². The number of fused-ring (bicyclic) bond motifs is 6. The fourth-order valence-corrected chi connectivity index (χ4v) is 5.95. The summed E-state index contributed by atoms with van der Waals surface area (Å²) in [6.07, 6.45) is 4.10. The van der Waals surface area contributed by atoms with E-state index < -0.39 is 0 Å². The van der Waals surface area contributed by atoms with Gasteiger partial charge in [-0.05, 0) is 72.2 Å². The predicted octanol–water partition coefficient (Wildman–Crippen LogP) is 8.84. The first-order valence-electron chi connectivity index (χ1n) is 12.8. The van der Waals surface area contributed by atoms with E-state index in [0.717, 1.165) is 43.5 Å². The van der Waals surface area contributed by atoms with Crippen LogP contribution in [0.1, 0.15) is 69.7 Å². The summed E-state index contributed by atoms with van der Waals surface area (Å²) in [6, 6.07) is 19.7. The number of para-hydroxylation sites is 1. The van der Waals surface area contributed by atoms with Gasteiger partial charge in [-0.15, -0.1) is 0 Å². The van der Waals surface area contributed by atoms with Crippen molar-refractivity contribution in [1.29, 1.82) is 0 Å². The van der Waals surface area contributed by atoms with Crippen molar-refractivity contribution in [3.05, 3.63) is 71.4 Å². The molecule has 1 N–H and O–H groups in total. The minimum atomic E-state index is -0.209. The molecular formula is C31H33NO2. The summed E-state index contributed by atoms with van der Waals surface area (Å²) < 4.78 is 12.7. The molecule has 5 aromatic rings. The second kappa shape index (κ2) is 8.02. The van der Waals surface area contributed by atoms with Crippen molar-refractivity contribution in [3.8, 4) is 11.1 Å². The molecule has 0 saturated heterocycles. The van der Waals surface area contributed by atoms with Crippen molar-refractivity contribution >= 4 is 32.8 Å². The Kier molecular flexibility index (Phi) is 5.07. The van der Waals surface area contributed by atoms with Crippen LogP contribution in [0.25, 0.3) is 44.0 Å². The molecule has 1 atom stereocenters. The molecule has 1 aliphatic rings. The lowest BCUT2D eigenvalue weighted by atomic mass is 9.85. The first-order chi connectivity index (χ1) is 16.5. The molecule has 174 valence electrons. The maximum absolute atomic E-state index is 6.48. The Morgan fingerprint density at radius 3 is 2.56 bits per heavy atom. The van der Waals surface area contributed by atoms with Gasteiger partial charge in [0.1, 0.15) is 16.8 Å². The van der Waals surface area contributed by atoms with Gasteiger partial charge >= 0.3 is 0 Å². The van der Waals surface area contributed by atoms with Gasteiger partial charge in [-0.25, -0.2) is 0 Å². The molecule has 1 unspecified atom stereocenters. The average Bonchev–Trinajstić information content (AvgIpc) is 3.42. The Balaban J connectivity index is 1.62.